The molecule has 4 nitrogen and oxygen atoms in total. The van der Waals surface area contributed by atoms with Crippen LogP contribution < -0.4 is 5.73 Å². The van der Waals surface area contributed by atoms with E-state index in [0.717, 1.165) is 12.8 Å². The summed E-state index contributed by atoms with van der Waals surface area (Å²) in [5.74, 6) is 0.0249. The molecule has 1 amide bonds. The lowest BCUT2D eigenvalue weighted by molar-refractivity contribution is 0.0141. The monoisotopic (exact) mass is 324 g/mol. The molecule has 0 spiro atoms. The Kier molecular flexibility index (Phi) is 6.56. The van der Waals surface area contributed by atoms with Crippen molar-refractivity contribution in [3.8, 4) is 0 Å². The van der Waals surface area contributed by atoms with E-state index in [1.807, 2.05) is 4.90 Å². The third-order valence-electron chi connectivity index (χ3n) is 3.32. The van der Waals surface area contributed by atoms with Crippen LogP contribution in [-0.4, -0.2) is 43.2 Å². The molecule has 0 bridgehead atoms. The van der Waals surface area contributed by atoms with Gasteiger partial charge in [0.05, 0.1) is 15.3 Å². The molecule has 7 heteroatoms. The summed E-state index contributed by atoms with van der Waals surface area (Å²) in [6, 6.07) is 3.57. The largest absolute Gasteiger partial charge is 0.381 e. The van der Waals surface area contributed by atoms with Crippen LogP contribution in [0, 0.1) is 0 Å². The first kappa shape index (κ1) is 16.7. The van der Waals surface area contributed by atoms with Crippen molar-refractivity contribution >= 4 is 41.3 Å². The van der Waals surface area contributed by atoms with Gasteiger partial charge in [0.2, 0.25) is 0 Å². The Balaban J connectivity index is 0.00000180. The summed E-state index contributed by atoms with van der Waals surface area (Å²) in [6.07, 6.45) is 1.87. The molecule has 1 aromatic rings. The first-order valence-electron chi connectivity index (χ1n) is 5.95. The van der Waals surface area contributed by atoms with Gasteiger partial charge in [0.1, 0.15) is 0 Å². The van der Waals surface area contributed by atoms with Crippen molar-refractivity contribution in [1.29, 1.82) is 0 Å². The molecule has 2 rings (SSSR count). The smallest absolute Gasteiger partial charge is 0.264 e. The van der Waals surface area contributed by atoms with E-state index in [2.05, 4.69) is 0 Å². The van der Waals surface area contributed by atoms with Crippen LogP contribution >= 0.6 is 35.3 Å². The van der Waals surface area contributed by atoms with Crippen molar-refractivity contribution in [2.75, 3.05) is 20.2 Å². The summed E-state index contributed by atoms with van der Waals surface area (Å²) in [7, 11) is 1.70. The maximum Gasteiger partial charge on any atom is 0.264 e. The van der Waals surface area contributed by atoms with Gasteiger partial charge in [-0.15, -0.1) is 23.7 Å². The Morgan fingerprint density at radius 1 is 1.63 bits per heavy atom. The highest BCUT2D eigenvalue weighted by molar-refractivity contribution is 7.17. The lowest BCUT2D eigenvalue weighted by Crippen LogP contribution is -2.51. The van der Waals surface area contributed by atoms with E-state index in [4.69, 9.17) is 22.1 Å². The number of carbonyl (C=O) groups is 1. The molecule has 0 aliphatic carbocycles. The standard InChI is InChI=1S/C12H17ClN2O2S.ClH/c1-17-9-4-5-15(8(6-9)7-14)12(16)10-2-3-11(13)18-10;/h2-3,8-9H,4-7,14H2,1H3;1H. The normalized spacial score (nSPS) is 23.0. The van der Waals surface area contributed by atoms with E-state index < -0.39 is 0 Å². The summed E-state index contributed by atoms with van der Waals surface area (Å²) in [5, 5.41) is 0. The number of rotatable bonds is 3. The van der Waals surface area contributed by atoms with Gasteiger partial charge in [-0.3, -0.25) is 4.79 Å². The number of ether oxygens (including phenoxy) is 1. The molecule has 108 valence electrons. The molecule has 0 radical (unpaired) electrons. The molecule has 2 N–H and O–H groups in total. The SMILES string of the molecule is COC1CCN(C(=O)c2ccc(Cl)s2)C(CN)C1.Cl. The molecule has 1 aromatic heterocycles. The predicted octanol–water partition coefficient (Wildman–Crippen LogP) is 2.40. The first-order valence-corrected chi connectivity index (χ1v) is 7.14. The Morgan fingerprint density at radius 3 is 2.89 bits per heavy atom. The molecule has 0 saturated carbocycles. The third-order valence-corrected chi connectivity index (χ3v) is 4.54. The lowest BCUT2D eigenvalue weighted by atomic mass is 9.99. The molecule has 2 heterocycles. The molecule has 2 atom stereocenters. The van der Waals surface area contributed by atoms with Crippen LogP contribution in [0.1, 0.15) is 22.5 Å². The van der Waals surface area contributed by atoms with Crippen LogP contribution in [-0.2, 0) is 4.74 Å². The zero-order valence-electron chi connectivity index (χ0n) is 10.7. The van der Waals surface area contributed by atoms with Gasteiger partial charge in [-0.1, -0.05) is 11.6 Å². The van der Waals surface area contributed by atoms with Crippen molar-refractivity contribution in [2.45, 2.75) is 25.0 Å². The zero-order valence-corrected chi connectivity index (χ0v) is 13.1. The van der Waals surface area contributed by atoms with Crippen molar-refractivity contribution in [2.24, 2.45) is 5.73 Å². The number of amides is 1. The van der Waals surface area contributed by atoms with Crippen molar-refractivity contribution in [3.63, 3.8) is 0 Å². The summed E-state index contributed by atoms with van der Waals surface area (Å²) in [5.41, 5.74) is 5.76. The Labute approximate surface area is 128 Å². The van der Waals surface area contributed by atoms with Crippen LogP contribution in [0.3, 0.4) is 0 Å². The zero-order chi connectivity index (χ0) is 13.1. The van der Waals surface area contributed by atoms with Crippen molar-refractivity contribution in [3.05, 3.63) is 21.3 Å². The Hall–Kier alpha value is -0.330. The van der Waals surface area contributed by atoms with Gasteiger partial charge in [-0.2, -0.15) is 0 Å². The highest BCUT2D eigenvalue weighted by Gasteiger charge is 2.31. The fourth-order valence-corrected chi connectivity index (χ4v) is 3.29. The molecule has 19 heavy (non-hydrogen) atoms. The number of carbonyl (C=O) groups excluding carboxylic acids is 1. The number of nitrogens with zero attached hydrogens (tertiary/aromatic N) is 1. The number of hydrogen-bond acceptors (Lipinski definition) is 4. The topological polar surface area (TPSA) is 55.6 Å². The number of piperidine rings is 1. The van der Waals surface area contributed by atoms with Crippen LogP contribution in [0.5, 0.6) is 0 Å². The van der Waals surface area contributed by atoms with Gasteiger partial charge in [0.25, 0.3) is 5.91 Å². The molecular formula is C12H18Cl2N2O2S. The van der Waals surface area contributed by atoms with E-state index in [1.165, 1.54) is 11.3 Å². The summed E-state index contributed by atoms with van der Waals surface area (Å²) < 4.78 is 5.98. The van der Waals surface area contributed by atoms with E-state index in [0.29, 0.717) is 22.3 Å². The molecule has 1 fully saturated rings. The van der Waals surface area contributed by atoms with Gasteiger partial charge >= 0.3 is 0 Å². The second kappa shape index (κ2) is 7.45. The highest BCUT2D eigenvalue weighted by atomic mass is 35.5. The minimum absolute atomic E-state index is 0. The van der Waals surface area contributed by atoms with Gasteiger partial charge in [0, 0.05) is 26.2 Å². The summed E-state index contributed by atoms with van der Waals surface area (Å²) in [6.45, 7) is 1.15. The highest BCUT2D eigenvalue weighted by Crippen LogP contribution is 2.26. The molecule has 1 aliphatic rings. The molecule has 1 saturated heterocycles. The average molecular weight is 325 g/mol. The van der Waals surface area contributed by atoms with Gasteiger partial charge in [0.15, 0.2) is 0 Å². The maximum atomic E-state index is 12.4. The second-order valence-electron chi connectivity index (χ2n) is 4.37. The number of hydrogen-bond donors (Lipinski definition) is 1. The molecule has 1 aliphatic heterocycles. The van der Waals surface area contributed by atoms with E-state index in [-0.39, 0.29) is 30.5 Å². The lowest BCUT2D eigenvalue weighted by Gasteiger charge is -2.38. The Morgan fingerprint density at radius 2 is 2.37 bits per heavy atom. The van der Waals surface area contributed by atoms with Crippen LogP contribution in [0.25, 0.3) is 0 Å². The predicted molar refractivity (Wildman–Crippen MR) is 80.5 cm³/mol. The fraction of sp³-hybridized carbons (Fsp3) is 0.583. The Bertz CT molecular complexity index is 428. The first-order chi connectivity index (χ1) is 8.65. The molecular weight excluding hydrogens is 307 g/mol. The van der Waals surface area contributed by atoms with Crippen LogP contribution in [0.15, 0.2) is 12.1 Å². The van der Waals surface area contributed by atoms with E-state index >= 15 is 0 Å². The number of methoxy groups -OCH3 is 1. The minimum Gasteiger partial charge on any atom is -0.381 e. The summed E-state index contributed by atoms with van der Waals surface area (Å²) >= 11 is 7.17. The summed E-state index contributed by atoms with van der Waals surface area (Å²) in [4.78, 5) is 14.9. The van der Waals surface area contributed by atoms with Gasteiger partial charge in [-0.05, 0) is 25.0 Å². The number of thiophene rings is 1. The van der Waals surface area contributed by atoms with E-state index in [9.17, 15) is 4.79 Å². The maximum absolute atomic E-state index is 12.4. The third kappa shape index (κ3) is 3.83. The van der Waals surface area contributed by atoms with Crippen molar-refractivity contribution in [1.82, 2.24) is 4.90 Å². The van der Waals surface area contributed by atoms with Gasteiger partial charge < -0.3 is 15.4 Å². The quantitative estimate of drug-likeness (QED) is 0.928. The molecule has 0 aromatic carbocycles. The van der Waals surface area contributed by atoms with Crippen LogP contribution in [0.2, 0.25) is 4.34 Å². The van der Waals surface area contributed by atoms with E-state index in [1.54, 1.807) is 19.2 Å². The second-order valence-corrected chi connectivity index (χ2v) is 6.09. The number of halogens is 2. The van der Waals surface area contributed by atoms with Crippen molar-refractivity contribution < 1.29 is 9.53 Å². The molecule has 2 unspecified atom stereocenters. The minimum atomic E-state index is 0. The van der Waals surface area contributed by atoms with Crippen LogP contribution in [0.4, 0.5) is 0 Å². The number of nitrogens with two attached hydrogens (primary N) is 1. The average Bonchev–Trinajstić information content (AvgIpc) is 2.83. The fourth-order valence-electron chi connectivity index (χ4n) is 2.29. The number of likely N-dealkylation sites (tertiary alicyclic amines) is 1. The van der Waals surface area contributed by atoms with Gasteiger partial charge in [-0.25, -0.2) is 0 Å².